The minimum atomic E-state index is -0.123. The molecule has 96 valence electrons. The molecule has 1 fully saturated rings. The molecule has 1 unspecified atom stereocenters. The third-order valence-corrected chi connectivity index (χ3v) is 5.67. The number of hydrogen-bond acceptors (Lipinski definition) is 3. The molecule has 1 aromatic rings. The smallest absolute Gasteiger partial charge is 0.0633 e. The molecule has 2 rings (SSSR count). The highest BCUT2D eigenvalue weighted by atomic mass is 32.2. The fourth-order valence-corrected chi connectivity index (χ4v) is 4.36. The van der Waals surface area contributed by atoms with Crippen molar-refractivity contribution in [2.45, 2.75) is 56.3 Å². The van der Waals surface area contributed by atoms with E-state index in [1.807, 2.05) is 11.8 Å². The molecule has 17 heavy (non-hydrogen) atoms. The van der Waals surface area contributed by atoms with Crippen molar-refractivity contribution in [2.24, 2.45) is 0 Å². The molecule has 1 atom stereocenters. The topological polar surface area (TPSA) is 20.2 Å². The number of aliphatic hydroxyl groups excluding tert-OH is 1. The summed E-state index contributed by atoms with van der Waals surface area (Å²) in [6, 6.07) is 2.16. The predicted molar refractivity (Wildman–Crippen MR) is 78.0 cm³/mol. The van der Waals surface area contributed by atoms with Gasteiger partial charge in [0.05, 0.1) is 6.10 Å². The van der Waals surface area contributed by atoms with E-state index in [-0.39, 0.29) is 6.10 Å². The summed E-state index contributed by atoms with van der Waals surface area (Å²) in [5, 5.41) is 15.1. The average Bonchev–Trinajstić information content (AvgIpc) is 2.88. The molecule has 1 nitrogen and oxygen atoms in total. The third kappa shape index (κ3) is 5.02. The lowest BCUT2D eigenvalue weighted by Crippen LogP contribution is -2.16. The van der Waals surface area contributed by atoms with Crippen LogP contribution in [0.3, 0.4) is 0 Å². The molecule has 0 saturated heterocycles. The highest BCUT2D eigenvalue weighted by molar-refractivity contribution is 7.99. The summed E-state index contributed by atoms with van der Waals surface area (Å²) >= 11 is 3.74. The van der Waals surface area contributed by atoms with Crippen LogP contribution >= 0.6 is 23.1 Å². The van der Waals surface area contributed by atoms with Crippen LogP contribution in [0.5, 0.6) is 0 Å². The summed E-state index contributed by atoms with van der Waals surface area (Å²) in [5.74, 6) is 0.925. The van der Waals surface area contributed by atoms with Crippen molar-refractivity contribution in [3.63, 3.8) is 0 Å². The summed E-state index contributed by atoms with van der Waals surface area (Å²) in [6.45, 7) is 0. The number of thioether (sulfide) groups is 1. The van der Waals surface area contributed by atoms with Crippen molar-refractivity contribution in [1.82, 2.24) is 0 Å². The average molecular weight is 270 g/mol. The van der Waals surface area contributed by atoms with Gasteiger partial charge in [-0.15, -0.1) is 0 Å². The standard InChI is InChI=1S/C14H22OS2/c15-13(7-6-12-8-9-16-10-12)11-17-14-4-2-1-3-5-14/h8-10,13-15H,1-7,11H2. The van der Waals surface area contributed by atoms with Gasteiger partial charge in [-0.2, -0.15) is 23.1 Å². The van der Waals surface area contributed by atoms with E-state index < -0.39 is 0 Å². The molecule has 0 amide bonds. The van der Waals surface area contributed by atoms with E-state index in [2.05, 4.69) is 16.8 Å². The summed E-state index contributed by atoms with van der Waals surface area (Å²) < 4.78 is 0. The number of aliphatic hydroxyl groups is 1. The minimum Gasteiger partial charge on any atom is -0.392 e. The summed E-state index contributed by atoms with van der Waals surface area (Å²) in [4.78, 5) is 0. The molecule has 0 aromatic carbocycles. The van der Waals surface area contributed by atoms with Gasteiger partial charge in [-0.25, -0.2) is 0 Å². The Morgan fingerprint density at radius 2 is 2.18 bits per heavy atom. The lowest BCUT2D eigenvalue weighted by molar-refractivity contribution is 0.189. The quantitative estimate of drug-likeness (QED) is 0.839. The molecule has 0 spiro atoms. The molecule has 1 heterocycles. The van der Waals surface area contributed by atoms with Crippen LogP contribution in [0.25, 0.3) is 0 Å². The molecule has 0 radical (unpaired) electrons. The highest BCUT2D eigenvalue weighted by Crippen LogP contribution is 2.28. The van der Waals surface area contributed by atoms with Gasteiger partial charge < -0.3 is 5.11 Å². The summed E-state index contributed by atoms with van der Waals surface area (Å²) in [7, 11) is 0. The van der Waals surface area contributed by atoms with Crippen molar-refractivity contribution in [1.29, 1.82) is 0 Å². The number of aryl methyl sites for hydroxylation is 1. The zero-order valence-corrected chi connectivity index (χ0v) is 11.9. The Kier molecular flexibility index (Phi) is 5.89. The fourth-order valence-electron chi connectivity index (χ4n) is 2.33. The van der Waals surface area contributed by atoms with Crippen molar-refractivity contribution < 1.29 is 5.11 Å². The first-order valence-electron chi connectivity index (χ1n) is 6.65. The van der Waals surface area contributed by atoms with Gasteiger partial charge in [-0.05, 0) is 48.1 Å². The zero-order valence-electron chi connectivity index (χ0n) is 10.3. The van der Waals surface area contributed by atoms with Crippen molar-refractivity contribution in [3.8, 4) is 0 Å². The van der Waals surface area contributed by atoms with Gasteiger partial charge in [0.25, 0.3) is 0 Å². The Labute approximate surface area is 113 Å². The van der Waals surface area contributed by atoms with E-state index >= 15 is 0 Å². The van der Waals surface area contributed by atoms with E-state index in [9.17, 15) is 5.11 Å². The second-order valence-corrected chi connectivity index (χ2v) is 7.03. The van der Waals surface area contributed by atoms with Gasteiger partial charge in [0.15, 0.2) is 0 Å². The van der Waals surface area contributed by atoms with Crippen LogP contribution in [-0.4, -0.2) is 22.2 Å². The normalized spacial score (nSPS) is 19.4. The molecule has 1 aliphatic carbocycles. The van der Waals surface area contributed by atoms with Crippen LogP contribution in [0.2, 0.25) is 0 Å². The maximum Gasteiger partial charge on any atom is 0.0633 e. The van der Waals surface area contributed by atoms with Crippen LogP contribution < -0.4 is 0 Å². The van der Waals surface area contributed by atoms with Crippen LogP contribution in [0, 0.1) is 0 Å². The largest absolute Gasteiger partial charge is 0.392 e. The molecule has 1 aliphatic rings. The van der Waals surface area contributed by atoms with Crippen molar-refractivity contribution in [3.05, 3.63) is 22.4 Å². The third-order valence-electron chi connectivity index (χ3n) is 3.42. The van der Waals surface area contributed by atoms with E-state index in [1.165, 1.54) is 37.7 Å². The second kappa shape index (κ2) is 7.45. The number of hydrogen-bond donors (Lipinski definition) is 1. The zero-order chi connectivity index (χ0) is 11.9. The van der Waals surface area contributed by atoms with E-state index in [4.69, 9.17) is 0 Å². The molecule has 0 bridgehead atoms. The SMILES string of the molecule is OC(CCc1ccsc1)CSC1CCCCC1. The molecule has 3 heteroatoms. The maximum atomic E-state index is 9.96. The van der Waals surface area contributed by atoms with Crippen molar-refractivity contribution in [2.75, 3.05) is 5.75 Å². The van der Waals surface area contributed by atoms with Crippen LogP contribution in [-0.2, 0) is 6.42 Å². The van der Waals surface area contributed by atoms with Gasteiger partial charge in [0.1, 0.15) is 0 Å². The van der Waals surface area contributed by atoms with Gasteiger partial charge in [-0.1, -0.05) is 19.3 Å². The molecule has 1 N–H and O–H groups in total. The minimum absolute atomic E-state index is 0.123. The first-order chi connectivity index (χ1) is 8.34. The summed E-state index contributed by atoms with van der Waals surface area (Å²) in [6.07, 6.45) is 8.74. The Hall–Kier alpha value is 0.01000. The van der Waals surface area contributed by atoms with Gasteiger partial charge >= 0.3 is 0 Å². The first-order valence-corrected chi connectivity index (χ1v) is 8.64. The molecule has 0 aliphatic heterocycles. The maximum absolute atomic E-state index is 9.96. The Morgan fingerprint density at radius 3 is 2.88 bits per heavy atom. The highest BCUT2D eigenvalue weighted by Gasteiger charge is 2.15. The Balaban J connectivity index is 1.58. The lowest BCUT2D eigenvalue weighted by atomic mass is 10.0. The lowest BCUT2D eigenvalue weighted by Gasteiger charge is -2.22. The number of rotatable bonds is 6. The van der Waals surface area contributed by atoms with Gasteiger partial charge in [0, 0.05) is 11.0 Å². The van der Waals surface area contributed by atoms with Crippen molar-refractivity contribution >= 4 is 23.1 Å². The van der Waals surface area contributed by atoms with Gasteiger partial charge in [0.2, 0.25) is 0 Å². The predicted octanol–water partition coefficient (Wildman–Crippen LogP) is 4.11. The second-order valence-electron chi connectivity index (χ2n) is 4.92. The van der Waals surface area contributed by atoms with Crippen LogP contribution in [0.4, 0.5) is 0 Å². The van der Waals surface area contributed by atoms with E-state index in [1.54, 1.807) is 11.3 Å². The molecule has 1 saturated carbocycles. The molecular formula is C14H22OS2. The summed E-state index contributed by atoms with van der Waals surface area (Å²) in [5.41, 5.74) is 1.37. The first kappa shape index (κ1) is 13.4. The number of thiophene rings is 1. The monoisotopic (exact) mass is 270 g/mol. The molecular weight excluding hydrogens is 248 g/mol. The van der Waals surface area contributed by atoms with Gasteiger partial charge in [-0.3, -0.25) is 0 Å². The Morgan fingerprint density at radius 1 is 1.35 bits per heavy atom. The van der Waals surface area contributed by atoms with Crippen LogP contribution in [0.15, 0.2) is 16.8 Å². The Bertz CT molecular complexity index is 291. The van der Waals surface area contributed by atoms with E-state index in [0.29, 0.717) is 0 Å². The fraction of sp³-hybridized carbons (Fsp3) is 0.714. The van der Waals surface area contributed by atoms with Crippen LogP contribution in [0.1, 0.15) is 44.1 Å². The molecule has 1 aromatic heterocycles. The van der Waals surface area contributed by atoms with E-state index in [0.717, 1.165) is 23.8 Å².